The minimum atomic E-state index is -4.33. The fraction of sp³-hybridized carbons (Fsp3) is 0.714. The van der Waals surface area contributed by atoms with E-state index < -0.39 is 10.1 Å². The van der Waals surface area contributed by atoms with Gasteiger partial charge in [0.1, 0.15) is 10.1 Å². The van der Waals surface area contributed by atoms with Crippen molar-refractivity contribution in [2.24, 2.45) is 0 Å². The molecule has 0 unspecified atom stereocenters. The molecular formula is C21H35NaO3S. The second kappa shape index (κ2) is 16.1. The van der Waals surface area contributed by atoms with Gasteiger partial charge in [0.15, 0.2) is 0 Å². The van der Waals surface area contributed by atoms with Crippen molar-refractivity contribution in [3.05, 3.63) is 29.8 Å². The summed E-state index contributed by atoms with van der Waals surface area (Å²) in [6, 6.07) is 6.44. The van der Waals surface area contributed by atoms with Crippen molar-refractivity contribution >= 4 is 10.1 Å². The molecule has 26 heavy (non-hydrogen) atoms. The van der Waals surface area contributed by atoms with Crippen molar-refractivity contribution in [3.63, 3.8) is 0 Å². The Bertz CT molecular complexity index is 558. The molecule has 0 saturated heterocycles. The van der Waals surface area contributed by atoms with Gasteiger partial charge in [-0.2, -0.15) is 0 Å². The number of hydrogen-bond acceptors (Lipinski definition) is 3. The van der Waals surface area contributed by atoms with E-state index in [9.17, 15) is 13.0 Å². The molecule has 1 aromatic carbocycles. The monoisotopic (exact) mass is 390 g/mol. The van der Waals surface area contributed by atoms with E-state index in [-0.39, 0.29) is 34.5 Å². The average molecular weight is 391 g/mol. The molecule has 1 aromatic rings. The molecule has 0 heterocycles. The maximum atomic E-state index is 11.0. The zero-order valence-corrected chi connectivity index (χ0v) is 19.7. The molecule has 0 aliphatic carbocycles. The second-order valence-corrected chi connectivity index (χ2v) is 8.47. The van der Waals surface area contributed by atoms with E-state index in [0.717, 1.165) is 18.4 Å². The molecule has 5 heteroatoms. The first-order valence-corrected chi connectivity index (χ1v) is 11.5. The van der Waals surface area contributed by atoms with Crippen molar-refractivity contribution in [2.75, 3.05) is 0 Å². The molecule has 0 aromatic heterocycles. The van der Waals surface area contributed by atoms with Crippen molar-refractivity contribution in [1.82, 2.24) is 0 Å². The van der Waals surface area contributed by atoms with Gasteiger partial charge in [-0.05, 0) is 30.5 Å². The molecule has 0 amide bonds. The molecule has 0 aliphatic rings. The third-order valence-corrected chi connectivity index (χ3v) is 5.59. The fourth-order valence-corrected chi connectivity index (χ4v) is 3.74. The molecule has 1 rings (SSSR count). The van der Waals surface area contributed by atoms with Crippen molar-refractivity contribution in [3.8, 4) is 0 Å². The van der Waals surface area contributed by atoms with E-state index in [0.29, 0.717) is 0 Å². The van der Waals surface area contributed by atoms with Gasteiger partial charge < -0.3 is 4.55 Å². The fourth-order valence-electron chi connectivity index (χ4n) is 3.20. The average Bonchev–Trinajstić information content (AvgIpc) is 2.58. The number of hydrogen-bond donors (Lipinski definition) is 0. The molecular weight excluding hydrogens is 355 g/mol. The van der Waals surface area contributed by atoms with Crippen LogP contribution in [0.4, 0.5) is 0 Å². The summed E-state index contributed by atoms with van der Waals surface area (Å²) in [4.78, 5) is -0.111. The third-order valence-electron chi connectivity index (χ3n) is 4.76. The van der Waals surface area contributed by atoms with Gasteiger partial charge in [-0.15, -0.1) is 0 Å². The quantitative estimate of drug-likeness (QED) is 0.262. The van der Waals surface area contributed by atoms with Crippen LogP contribution in [0.2, 0.25) is 0 Å². The largest absolute Gasteiger partial charge is 1.00 e. The topological polar surface area (TPSA) is 57.2 Å². The first-order chi connectivity index (χ1) is 12.0. The van der Waals surface area contributed by atoms with Gasteiger partial charge in [-0.1, -0.05) is 96.1 Å². The smallest absolute Gasteiger partial charge is 0.744 e. The molecule has 3 nitrogen and oxygen atoms in total. The summed E-state index contributed by atoms with van der Waals surface area (Å²) in [6.07, 6.45) is 18.0. The minimum Gasteiger partial charge on any atom is -0.744 e. The Morgan fingerprint density at radius 1 is 0.769 bits per heavy atom. The molecule has 0 atom stereocenters. The number of benzene rings is 1. The van der Waals surface area contributed by atoms with E-state index in [4.69, 9.17) is 0 Å². The summed E-state index contributed by atoms with van der Waals surface area (Å²) in [6.45, 7) is 2.26. The van der Waals surface area contributed by atoms with Gasteiger partial charge in [-0.3, -0.25) is 0 Å². The molecule has 0 bridgehead atoms. The normalized spacial score (nSPS) is 11.3. The molecule has 0 spiro atoms. The Balaban J connectivity index is 0.00000625. The Hall–Kier alpha value is 0.130. The SMILES string of the molecule is CCCCCCCCCCCCCCCc1cccc(S(=O)(=O)[O-])c1.[Na+]. The van der Waals surface area contributed by atoms with Crippen molar-refractivity contribution in [2.45, 2.75) is 102 Å². The first kappa shape index (κ1) is 26.1. The zero-order chi connectivity index (χ0) is 18.4. The van der Waals surface area contributed by atoms with Gasteiger partial charge >= 0.3 is 29.6 Å². The van der Waals surface area contributed by atoms with Gasteiger partial charge in [0.05, 0.1) is 4.90 Å². The number of aryl methyl sites for hydroxylation is 1. The van der Waals surface area contributed by atoms with Crippen LogP contribution in [-0.4, -0.2) is 13.0 Å². The van der Waals surface area contributed by atoms with E-state index in [2.05, 4.69) is 6.92 Å². The van der Waals surface area contributed by atoms with Crippen LogP contribution in [0.1, 0.15) is 96.0 Å². The Labute approximate surface area is 183 Å². The summed E-state index contributed by atoms with van der Waals surface area (Å²) in [5.41, 5.74) is 0.944. The Morgan fingerprint density at radius 2 is 1.23 bits per heavy atom. The first-order valence-electron chi connectivity index (χ1n) is 10.1. The molecule has 0 radical (unpaired) electrons. The van der Waals surface area contributed by atoms with Crippen LogP contribution in [0, 0.1) is 0 Å². The van der Waals surface area contributed by atoms with Gasteiger partial charge in [0.25, 0.3) is 0 Å². The zero-order valence-electron chi connectivity index (χ0n) is 16.8. The predicted octanol–water partition coefficient (Wildman–Crippen LogP) is 3.23. The third kappa shape index (κ3) is 13.3. The summed E-state index contributed by atoms with van der Waals surface area (Å²) >= 11 is 0. The summed E-state index contributed by atoms with van der Waals surface area (Å²) in [5.74, 6) is 0. The van der Waals surface area contributed by atoms with E-state index >= 15 is 0 Å². The standard InChI is InChI=1S/C21H36O3S.Na/c1-2-3-4-5-6-7-8-9-10-11-12-13-14-16-20-17-15-18-21(19-20)25(22,23)24;/h15,17-19H,2-14,16H2,1H3,(H,22,23,24);/q;+1/p-1. The maximum Gasteiger partial charge on any atom is 1.00 e. The summed E-state index contributed by atoms with van der Waals surface area (Å²) < 4.78 is 33.1. The van der Waals surface area contributed by atoms with Crippen molar-refractivity contribution in [1.29, 1.82) is 0 Å². The summed E-state index contributed by atoms with van der Waals surface area (Å²) in [7, 11) is -4.33. The van der Waals surface area contributed by atoms with E-state index in [1.807, 2.05) is 6.07 Å². The van der Waals surface area contributed by atoms with Crippen molar-refractivity contribution < 1.29 is 42.5 Å². The molecule has 0 saturated carbocycles. The van der Waals surface area contributed by atoms with Crippen LogP contribution >= 0.6 is 0 Å². The van der Waals surface area contributed by atoms with Crippen LogP contribution < -0.4 is 29.6 Å². The Morgan fingerprint density at radius 3 is 1.69 bits per heavy atom. The summed E-state index contributed by atoms with van der Waals surface area (Å²) in [5, 5.41) is 0. The van der Waals surface area contributed by atoms with Crippen LogP contribution in [0.25, 0.3) is 0 Å². The van der Waals surface area contributed by atoms with Crippen LogP contribution in [0.5, 0.6) is 0 Å². The molecule has 0 fully saturated rings. The van der Waals surface area contributed by atoms with E-state index in [1.54, 1.807) is 6.07 Å². The molecule has 0 aliphatic heterocycles. The number of unbranched alkanes of at least 4 members (excludes halogenated alkanes) is 12. The minimum absolute atomic E-state index is 0. The van der Waals surface area contributed by atoms with Gasteiger partial charge in [-0.25, -0.2) is 8.42 Å². The van der Waals surface area contributed by atoms with Gasteiger partial charge in [0, 0.05) is 0 Å². The van der Waals surface area contributed by atoms with Crippen LogP contribution in [-0.2, 0) is 16.5 Å². The van der Waals surface area contributed by atoms with Crippen LogP contribution in [0.15, 0.2) is 29.2 Å². The van der Waals surface area contributed by atoms with Gasteiger partial charge in [0.2, 0.25) is 0 Å². The van der Waals surface area contributed by atoms with Crippen LogP contribution in [0.3, 0.4) is 0 Å². The van der Waals surface area contributed by atoms with E-state index in [1.165, 1.54) is 89.2 Å². The number of rotatable bonds is 15. The second-order valence-electron chi connectivity index (χ2n) is 7.09. The molecule has 0 N–H and O–H groups in total. The Kier molecular flexibility index (Phi) is 16.2. The predicted molar refractivity (Wildman–Crippen MR) is 104 cm³/mol. The molecule has 144 valence electrons. The maximum absolute atomic E-state index is 11.0.